The highest BCUT2D eigenvalue weighted by molar-refractivity contribution is 6.32. The van der Waals surface area contributed by atoms with Crippen LogP contribution in [0, 0.1) is 0 Å². The van der Waals surface area contributed by atoms with E-state index in [1.165, 1.54) is 12.0 Å². The Kier molecular flexibility index (Phi) is 4.39. The number of hydrogen-bond acceptors (Lipinski definition) is 4. The number of carboxylic acids is 1. The first-order valence-corrected chi connectivity index (χ1v) is 6.84. The van der Waals surface area contributed by atoms with E-state index >= 15 is 0 Å². The summed E-state index contributed by atoms with van der Waals surface area (Å²) in [5.41, 5.74) is -1.33. The fourth-order valence-corrected chi connectivity index (χ4v) is 2.46. The molecule has 0 bridgehead atoms. The van der Waals surface area contributed by atoms with Gasteiger partial charge in [-0.2, -0.15) is 0 Å². The van der Waals surface area contributed by atoms with Gasteiger partial charge in [0.1, 0.15) is 5.75 Å². The lowest BCUT2D eigenvalue weighted by molar-refractivity contribution is -0.162. The minimum absolute atomic E-state index is 0.0127. The van der Waals surface area contributed by atoms with Gasteiger partial charge in [0.25, 0.3) is 5.91 Å². The highest BCUT2D eigenvalue weighted by atomic mass is 35.5. The summed E-state index contributed by atoms with van der Waals surface area (Å²) in [4.78, 5) is 24.8. The maximum absolute atomic E-state index is 12.4. The zero-order chi connectivity index (χ0) is 15.6. The molecule has 0 atom stereocenters. The highest BCUT2D eigenvalue weighted by Crippen LogP contribution is 2.27. The van der Waals surface area contributed by atoms with Crippen molar-refractivity contribution in [2.45, 2.75) is 18.4 Å². The molecule has 1 aromatic carbocycles. The Bertz CT molecular complexity index is 566. The van der Waals surface area contributed by atoms with E-state index in [0.717, 1.165) is 0 Å². The predicted molar refractivity (Wildman–Crippen MR) is 75.7 cm³/mol. The van der Waals surface area contributed by atoms with E-state index in [-0.39, 0.29) is 31.8 Å². The fraction of sp³-hybridized carbons (Fsp3) is 0.429. The Morgan fingerprint density at radius 2 is 1.95 bits per heavy atom. The first kappa shape index (κ1) is 15.6. The molecule has 1 heterocycles. The second-order valence-electron chi connectivity index (χ2n) is 4.98. The Balaban J connectivity index is 2.10. The van der Waals surface area contributed by atoms with Gasteiger partial charge in [0.05, 0.1) is 12.1 Å². The van der Waals surface area contributed by atoms with Crippen molar-refractivity contribution in [2.24, 2.45) is 0 Å². The third kappa shape index (κ3) is 3.11. The maximum Gasteiger partial charge on any atom is 0.335 e. The number of piperidine rings is 1. The van der Waals surface area contributed by atoms with Crippen LogP contribution in [0.1, 0.15) is 23.2 Å². The van der Waals surface area contributed by atoms with Crippen molar-refractivity contribution in [3.05, 3.63) is 28.8 Å². The van der Waals surface area contributed by atoms with Crippen LogP contribution in [0.4, 0.5) is 0 Å². The monoisotopic (exact) mass is 313 g/mol. The summed E-state index contributed by atoms with van der Waals surface area (Å²) in [5.74, 6) is -1.08. The number of carbonyl (C=O) groups excluding carboxylic acids is 1. The van der Waals surface area contributed by atoms with E-state index in [4.69, 9.17) is 21.4 Å². The van der Waals surface area contributed by atoms with Crippen molar-refractivity contribution in [1.29, 1.82) is 0 Å². The molecule has 6 nitrogen and oxygen atoms in total. The molecule has 1 aliphatic rings. The predicted octanol–water partition coefficient (Wildman–Crippen LogP) is 1.40. The van der Waals surface area contributed by atoms with E-state index in [0.29, 0.717) is 16.3 Å². The molecule has 0 spiro atoms. The SMILES string of the molecule is COc1cc(C(=O)N2CCC(O)(C(=O)O)CC2)ccc1Cl. The Hall–Kier alpha value is -1.79. The topological polar surface area (TPSA) is 87.1 Å². The molecule has 1 aromatic rings. The second-order valence-corrected chi connectivity index (χ2v) is 5.39. The molecular formula is C14H16ClNO5. The molecule has 7 heteroatoms. The van der Waals surface area contributed by atoms with Crippen LogP contribution in [0.15, 0.2) is 18.2 Å². The molecule has 1 aliphatic heterocycles. The van der Waals surface area contributed by atoms with Crippen LogP contribution in [0.2, 0.25) is 5.02 Å². The van der Waals surface area contributed by atoms with Gasteiger partial charge in [-0.05, 0) is 18.2 Å². The summed E-state index contributed by atoms with van der Waals surface area (Å²) in [5, 5.41) is 19.2. The molecule has 1 amide bonds. The summed E-state index contributed by atoms with van der Waals surface area (Å²) in [6, 6.07) is 4.71. The number of carbonyl (C=O) groups is 2. The van der Waals surface area contributed by atoms with E-state index in [1.807, 2.05) is 0 Å². The van der Waals surface area contributed by atoms with Gasteiger partial charge in [0.15, 0.2) is 5.60 Å². The number of rotatable bonds is 3. The van der Waals surface area contributed by atoms with Gasteiger partial charge < -0.3 is 19.8 Å². The molecule has 0 radical (unpaired) electrons. The zero-order valence-corrected chi connectivity index (χ0v) is 12.3. The summed E-state index contributed by atoms with van der Waals surface area (Å²) in [6.07, 6.45) is 0.0254. The molecule has 114 valence electrons. The summed E-state index contributed by atoms with van der Waals surface area (Å²) in [7, 11) is 1.46. The van der Waals surface area contributed by atoms with Crippen LogP contribution in [-0.4, -0.2) is 52.8 Å². The third-order valence-corrected chi connectivity index (χ3v) is 3.99. The number of benzene rings is 1. The lowest BCUT2D eigenvalue weighted by atomic mass is 9.91. The molecule has 0 unspecified atom stereocenters. The summed E-state index contributed by atoms with van der Waals surface area (Å²) < 4.78 is 5.07. The minimum Gasteiger partial charge on any atom is -0.495 e. The van der Waals surface area contributed by atoms with Gasteiger partial charge in [-0.1, -0.05) is 11.6 Å². The van der Waals surface area contributed by atoms with Crippen LogP contribution >= 0.6 is 11.6 Å². The average Bonchev–Trinajstić information content (AvgIpc) is 2.47. The van der Waals surface area contributed by atoms with Crippen LogP contribution in [-0.2, 0) is 4.79 Å². The quantitative estimate of drug-likeness (QED) is 0.881. The van der Waals surface area contributed by atoms with Crippen molar-refractivity contribution >= 4 is 23.5 Å². The van der Waals surface area contributed by atoms with Gasteiger partial charge in [0.2, 0.25) is 0 Å². The molecule has 0 aliphatic carbocycles. The molecule has 1 saturated heterocycles. The van der Waals surface area contributed by atoms with Gasteiger partial charge in [0, 0.05) is 31.5 Å². The van der Waals surface area contributed by atoms with E-state index in [9.17, 15) is 14.7 Å². The Labute approximate surface area is 126 Å². The van der Waals surface area contributed by atoms with E-state index in [1.54, 1.807) is 18.2 Å². The number of methoxy groups -OCH3 is 1. The molecular weight excluding hydrogens is 298 g/mol. The van der Waals surface area contributed by atoms with E-state index in [2.05, 4.69) is 0 Å². The normalized spacial score (nSPS) is 17.4. The lowest BCUT2D eigenvalue weighted by Gasteiger charge is -2.35. The molecule has 1 fully saturated rings. The maximum atomic E-state index is 12.4. The second kappa shape index (κ2) is 5.91. The molecule has 2 N–H and O–H groups in total. The molecule has 2 rings (SSSR count). The number of carboxylic acid groups (broad SMARTS) is 1. The number of ether oxygens (including phenoxy) is 1. The van der Waals surface area contributed by atoms with Crippen LogP contribution in [0.5, 0.6) is 5.75 Å². The molecule has 21 heavy (non-hydrogen) atoms. The lowest BCUT2D eigenvalue weighted by Crippen LogP contribution is -2.50. The van der Waals surface area contributed by atoms with Gasteiger partial charge >= 0.3 is 5.97 Å². The van der Waals surface area contributed by atoms with Gasteiger partial charge in [-0.3, -0.25) is 4.79 Å². The van der Waals surface area contributed by atoms with Crippen molar-refractivity contribution in [2.75, 3.05) is 20.2 Å². The smallest absolute Gasteiger partial charge is 0.335 e. The van der Waals surface area contributed by atoms with Crippen LogP contribution in [0.25, 0.3) is 0 Å². The van der Waals surface area contributed by atoms with Crippen molar-refractivity contribution in [3.63, 3.8) is 0 Å². The van der Waals surface area contributed by atoms with Crippen molar-refractivity contribution in [3.8, 4) is 5.75 Å². The minimum atomic E-state index is -1.74. The third-order valence-electron chi connectivity index (χ3n) is 3.67. The summed E-state index contributed by atoms with van der Waals surface area (Å²) >= 11 is 5.91. The van der Waals surface area contributed by atoms with E-state index < -0.39 is 11.6 Å². The molecule has 0 aromatic heterocycles. The number of halogens is 1. The first-order valence-electron chi connectivity index (χ1n) is 6.46. The largest absolute Gasteiger partial charge is 0.495 e. The zero-order valence-electron chi connectivity index (χ0n) is 11.5. The Morgan fingerprint density at radius 3 is 2.48 bits per heavy atom. The first-order chi connectivity index (χ1) is 9.87. The average molecular weight is 314 g/mol. The number of aliphatic carboxylic acids is 1. The standard InChI is InChI=1S/C14H16ClNO5/c1-21-11-8-9(2-3-10(11)15)12(17)16-6-4-14(20,5-7-16)13(18)19/h2-3,8,20H,4-7H2,1H3,(H,18,19). The summed E-state index contributed by atoms with van der Waals surface area (Å²) in [6.45, 7) is 0.374. The van der Waals surface area contributed by atoms with Crippen molar-refractivity contribution in [1.82, 2.24) is 4.90 Å². The van der Waals surface area contributed by atoms with Crippen LogP contribution in [0.3, 0.4) is 0 Å². The fourth-order valence-electron chi connectivity index (χ4n) is 2.27. The van der Waals surface area contributed by atoms with Gasteiger partial charge in [-0.25, -0.2) is 4.79 Å². The number of amides is 1. The van der Waals surface area contributed by atoms with Crippen LogP contribution < -0.4 is 4.74 Å². The number of hydrogen-bond donors (Lipinski definition) is 2. The van der Waals surface area contributed by atoms with Gasteiger partial charge in [-0.15, -0.1) is 0 Å². The number of nitrogens with zero attached hydrogens (tertiary/aromatic N) is 1. The van der Waals surface area contributed by atoms with Crippen molar-refractivity contribution < 1.29 is 24.5 Å². The Morgan fingerprint density at radius 1 is 1.33 bits per heavy atom. The molecule has 0 saturated carbocycles. The highest BCUT2D eigenvalue weighted by Gasteiger charge is 2.40. The number of likely N-dealkylation sites (tertiary alicyclic amines) is 1. The number of aliphatic hydroxyl groups is 1.